The van der Waals surface area contributed by atoms with Gasteiger partial charge in [0.25, 0.3) is 0 Å². The van der Waals surface area contributed by atoms with E-state index in [1.165, 1.54) is 33.4 Å². The molecular weight excluding hydrogens is 729 g/mol. The molecule has 0 spiro atoms. The van der Waals surface area contributed by atoms with Crippen LogP contribution >= 0.6 is 22.7 Å². The van der Waals surface area contributed by atoms with E-state index >= 15 is 0 Å². The van der Waals surface area contributed by atoms with Gasteiger partial charge >= 0.3 is 12.1 Å². The van der Waals surface area contributed by atoms with E-state index in [4.69, 9.17) is 0 Å². The van der Waals surface area contributed by atoms with Gasteiger partial charge in [-0.05, 0) is 190 Å². The normalized spacial score (nSPS) is 20.3. The fraction of sp³-hybridized carbons (Fsp3) is 0.488. The number of carbonyl (C=O) groups is 2. The van der Waals surface area contributed by atoms with E-state index in [-0.39, 0.29) is 35.2 Å². The lowest BCUT2D eigenvalue weighted by molar-refractivity contribution is 0.129. The number of likely N-dealkylation sites (N-methyl/N-ethyl adjacent to an activating group) is 2. The zero-order chi connectivity index (χ0) is 39.4. The lowest BCUT2D eigenvalue weighted by Gasteiger charge is -2.39. The van der Waals surface area contributed by atoms with E-state index in [0.29, 0.717) is 24.6 Å². The molecule has 0 bridgehead atoms. The van der Waals surface area contributed by atoms with Crippen molar-refractivity contribution in [3.8, 4) is 11.5 Å². The van der Waals surface area contributed by atoms with Crippen molar-refractivity contribution in [1.82, 2.24) is 31.5 Å². The van der Waals surface area contributed by atoms with Gasteiger partial charge in [-0.1, -0.05) is 12.1 Å². The van der Waals surface area contributed by atoms with Gasteiger partial charge in [0, 0.05) is 36.3 Å². The van der Waals surface area contributed by atoms with Crippen LogP contribution in [0, 0.1) is 0 Å². The molecule has 2 aromatic carbocycles. The molecule has 4 amide bonds. The van der Waals surface area contributed by atoms with Gasteiger partial charge in [-0.25, -0.2) is 9.59 Å². The van der Waals surface area contributed by atoms with E-state index in [0.717, 1.165) is 64.2 Å². The number of carbonyl (C=O) groups excluding carboxylic acids is 2. The van der Waals surface area contributed by atoms with Crippen LogP contribution in [0.1, 0.15) is 72.9 Å². The predicted molar refractivity (Wildman–Crippen MR) is 226 cm³/mol. The quantitative estimate of drug-likeness (QED) is 0.0791. The second-order valence-electron chi connectivity index (χ2n) is 15.7. The Labute approximate surface area is 335 Å². The highest BCUT2D eigenvalue weighted by atomic mass is 32.1. The highest BCUT2D eigenvalue weighted by Gasteiger charge is 2.35. The third-order valence-electron chi connectivity index (χ3n) is 11.4. The molecule has 2 aliphatic rings. The van der Waals surface area contributed by atoms with Crippen molar-refractivity contribution in [3.05, 3.63) is 103 Å². The third kappa shape index (κ3) is 12.2. The van der Waals surface area contributed by atoms with Crippen LogP contribution in [0.15, 0.2) is 70.1 Å². The van der Waals surface area contributed by atoms with E-state index in [1.54, 1.807) is 34.8 Å². The number of rotatable bonds is 12. The molecule has 4 atom stereocenters. The van der Waals surface area contributed by atoms with Crippen LogP contribution in [0.3, 0.4) is 0 Å². The Morgan fingerprint density at radius 3 is 1.78 bits per heavy atom. The summed E-state index contributed by atoms with van der Waals surface area (Å²) in [7, 11) is 6.14. The highest BCUT2D eigenvalue weighted by Crippen LogP contribution is 2.33. The summed E-state index contributed by atoms with van der Waals surface area (Å²) < 4.78 is 0. The summed E-state index contributed by atoms with van der Waals surface area (Å²) in [6.45, 7) is 5.24. The zero-order valence-electron chi connectivity index (χ0n) is 33.0. The summed E-state index contributed by atoms with van der Waals surface area (Å²) in [4.78, 5) is 27.1. The molecule has 0 fully saturated rings. The first kappa shape index (κ1) is 42.1. The van der Waals surface area contributed by atoms with Gasteiger partial charge in [-0.3, -0.25) is 0 Å². The number of hydrogen-bond acceptors (Lipinski definition) is 8. The summed E-state index contributed by atoms with van der Waals surface area (Å²) in [5.74, 6) is 0.649. The molecule has 0 saturated carbocycles. The molecule has 12 heteroatoms. The largest absolute Gasteiger partial charge is 0.508 e. The summed E-state index contributed by atoms with van der Waals surface area (Å²) in [6.07, 6.45) is 9.24. The van der Waals surface area contributed by atoms with Gasteiger partial charge in [0.05, 0.1) is 0 Å². The smallest absolute Gasteiger partial charge is 0.315 e. The molecule has 55 heavy (non-hydrogen) atoms. The first-order valence-corrected chi connectivity index (χ1v) is 21.3. The van der Waals surface area contributed by atoms with Crippen molar-refractivity contribution < 1.29 is 19.8 Å². The molecule has 298 valence electrons. The standard InChI is InChI=1S/C22H31N3O2S.C21H29N3O2S/c1-16(12-17-8-11-28-14-17)24-21(27)23-15-22(25(2)3)9-6-18-4-5-20(26)13-19(18)7-10-22;1-15(10-16-7-9-27-13-16)24-20(26)23-14-21(22-2)8-3-4-17-11-19(25)6-5-18(17)12-21/h4-5,8,11,13-14,16,26H,6-7,9-10,12,15H2,1-3H3,(H2,23,24,27);5-7,9,11,13,15,22,25H,3-4,8,10,12,14H2,1-2H3,(H2,23,24,26)/t16-,22?;15-,21?/m00/s1. The topological polar surface area (TPSA) is 138 Å². The van der Waals surface area contributed by atoms with Gasteiger partial charge in [-0.15, -0.1) is 0 Å². The second-order valence-corrected chi connectivity index (χ2v) is 17.3. The minimum Gasteiger partial charge on any atom is -0.508 e. The molecule has 7 N–H and O–H groups in total. The average Bonchev–Trinajstić information content (AvgIpc) is 3.79. The Morgan fingerprint density at radius 2 is 1.25 bits per heavy atom. The van der Waals surface area contributed by atoms with Gasteiger partial charge in [0.15, 0.2) is 0 Å². The number of thiophene rings is 2. The van der Waals surface area contributed by atoms with Crippen LogP contribution in [0.4, 0.5) is 9.59 Å². The minimum atomic E-state index is -0.170. The van der Waals surface area contributed by atoms with Crippen molar-refractivity contribution >= 4 is 34.7 Å². The number of fused-ring (bicyclic) bond motifs is 2. The van der Waals surface area contributed by atoms with Crippen LogP contribution in [-0.2, 0) is 38.5 Å². The van der Waals surface area contributed by atoms with E-state index < -0.39 is 0 Å². The molecule has 0 saturated heterocycles. The average molecular weight is 789 g/mol. The number of hydrogen-bond donors (Lipinski definition) is 7. The number of aryl methyl sites for hydroxylation is 3. The number of nitrogens with one attached hydrogen (secondary N) is 5. The van der Waals surface area contributed by atoms with Gasteiger partial charge in [0.1, 0.15) is 11.5 Å². The monoisotopic (exact) mass is 788 g/mol. The molecule has 2 heterocycles. The molecule has 4 aromatic rings. The number of phenols is 2. The molecule has 2 unspecified atom stereocenters. The fourth-order valence-corrected chi connectivity index (χ4v) is 9.30. The van der Waals surface area contributed by atoms with E-state index in [9.17, 15) is 19.8 Å². The Balaban J connectivity index is 0.000000211. The molecule has 0 radical (unpaired) electrons. The number of amides is 4. The first-order chi connectivity index (χ1) is 26.4. The van der Waals surface area contributed by atoms with Crippen molar-refractivity contribution in [2.24, 2.45) is 0 Å². The van der Waals surface area contributed by atoms with Crippen LogP contribution in [0.5, 0.6) is 11.5 Å². The number of phenolic OH excluding ortho intramolecular Hbond substituents is 2. The Morgan fingerprint density at radius 1 is 0.727 bits per heavy atom. The van der Waals surface area contributed by atoms with Crippen molar-refractivity contribution in [1.29, 1.82) is 0 Å². The number of benzene rings is 2. The fourth-order valence-electron chi connectivity index (χ4n) is 7.94. The highest BCUT2D eigenvalue weighted by molar-refractivity contribution is 7.08. The van der Waals surface area contributed by atoms with Gasteiger partial charge in [-0.2, -0.15) is 22.7 Å². The maximum Gasteiger partial charge on any atom is 0.315 e. The Hall–Kier alpha value is -4.10. The Bertz CT molecular complexity index is 1820. The molecule has 10 nitrogen and oxygen atoms in total. The molecule has 0 aliphatic heterocycles. The number of aromatic hydroxyl groups is 2. The molecule has 6 rings (SSSR count). The van der Waals surface area contributed by atoms with Crippen molar-refractivity contribution in [2.75, 3.05) is 34.2 Å². The lowest BCUT2D eigenvalue weighted by atomic mass is 9.88. The predicted octanol–water partition coefficient (Wildman–Crippen LogP) is 6.78. The number of nitrogens with zero attached hydrogens (tertiary/aromatic N) is 1. The Kier molecular flexibility index (Phi) is 15.0. The van der Waals surface area contributed by atoms with Gasteiger partial charge in [0.2, 0.25) is 0 Å². The van der Waals surface area contributed by atoms with Crippen LogP contribution in [0.25, 0.3) is 0 Å². The first-order valence-electron chi connectivity index (χ1n) is 19.5. The third-order valence-corrected chi connectivity index (χ3v) is 12.8. The molecular formula is C43H60N6O4S2. The maximum absolute atomic E-state index is 12.5. The van der Waals surface area contributed by atoms with Crippen LogP contribution in [0.2, 0.25) is 0 Å². The van der Waals surface area contributed by atoms with Crippen LogP contribution in [-0.4, -0.2) is 84.6 Å². The molecule has 2 aliphatic carbocycles. The SMILES string of the molecule is CNC1(CNC(=O)N[C@@H](C)Cc2ccsc2)CCCc2cc(O)ccc2C1.C[C@@H](Cc1ccsc1)NC(=O)NCC1(N(C)C)CCc2ccc(O)cc2CC1. The lowest BCUT2D eigenvalue weighted by Crippen LogP contribution is -2.55. The minimum absolute atomic E-state index is 0.0861. The maximum atomic E-state index is 12.5. The van der Waals surface area contributed by atoms with Crippen molar-refractivity contribution in [3.63, 3.8) is 0 Å². The molecule has 2 aromatic heterocycles. The summed E-state index contributed by atoms with van der Waals surface area (Å²) in [5.41, 5.74) is 7.22. The summed E-state index contributed by atoms with van der Waals surface area (Å²) in [5, 5.41) is 43.6. The summed E-state index contributed by atoms with van der Waals surface area (Å²) >= 11 is 3.36. The second kappa shape index (κ2) is 19.7. The zero-order valence-corrected chi connectivity index (χ0v) is 34.7. The van der Waals surface area contributed by atoms with Gasteiger partial charge < -0.3 is 41.7 Å². The van der Waals surface area contributed by atoms with E-state index in [2.05, 4.69) is 79.2 Å². The number of urea groups is 2. The van der Waals surface area contributed by atoms with Crippen molar-refractivity contribution in [2.45, 2.75) is 101 Å². The van der Waals surface area contributed by atoms with E-state index in [1.807, 2.05) is 45.2 Å². The summed E-state index contributed by atoms with van der Waals surface area (Å²) in [6, 6.07) is 15.4. The van der Waals surface area contributed by atoms with Crippen LogP contribution < -0.4 is 26.6 Å².